The minimum Gasteiger partial charge on any atom is -0.339 e. The second-order valence-corrected chi connectivity index (χ2v) is 7.00. The van der Waals surface area contributed by atoms with E-state index in [1.54, 1.807) is 0 Å². The van der Waals surface area contributed by atoms with E-state index < -0.39 is 0 Å². The van der Waals surface area contributed by atoms with Crippen molar-refractivity contribution in [2.45, 2.75) is 50.7 Å². The molecule has 5 heteroatoms. The van der Waals surface area contributed by atoms with Gasteiger partial charge in [0.15, 0.2) is 0 Å². The summed E-state index contributed by atoms with van der Waals surface area (Å²) in [5.41, 5.74) is 1.93. The van der Waals surface area contributed by atoms with Crippen molar-refractivity contribution in [1.82, 2.24) is 10.2 Å². The van der Waals surface area contributed by atoms with Gasteiger partial charge in [0.2, 0.25) is 0 Å². The van der Waals surface area contributed by atoms with Crippen LogP contribution in [0.4, 0.5) is 0 Å². The van der Waals surface area contributed by atoms with E-state index in [1.807, 2.05) is 37.1 Å². The second kappa shape index (κ2) is 6.67. The molecule has 2 aliphatic rings. The summed E-state index contributed by atoms with van der Waals surface area (Å²) in [5, 5.41) is 3.62. The molecule has 0 spiro atoms. The van der Waals surface area contributed by atoms with Gasteiger partial charge < -0.3 is 10.2 Å². The predicted octanol–water partition coefficient (Wildman–Crippen LogP) is 3.53. The quantitative estimate of drug-likeness (QED) is 0.860. The average Bonchev–Trinajstić information content (AvgIpc) is 2.79. The molecule has 2 saturated heterocycles. The Bertz CT molecular complexity index is 525. The van der Waals surface area contributed by atoms with Gasteiger partial charge in [-0.25, -0.2) is 0 Å². The van der Waals surface area contributed by atoms with E-state index in [0.29, 0.717) is 18.1 Å². The summed E-state index contributed by atoms with van der Waals surface area (Å²) in [6.45, 7) is 2.03. The maximum Gasteiger partial charge on any atom is 0.253 e. The molecule has 0 radical (unpaired) electrons. The topological polar surface area (TPSA) is 32.3 Å². The summed E-state index contributed by atoms with van der Waals surface area (Å²) in [6.07, 6.45) is 4.70. The predicted molar refractivity (Wildman–Crippen MR) is 91.2 cm³/mol. The van der Waals surface area contributed by atoms with Crippen LogP contribution in [0.25, 0.3) is 0 Å². The molecular formula is C16H22BrClN2O. The highest BCUT2D eigenvalue weighted by Crippen LogP contribution is 2.30. The lowest BCUT2D eigenvalue weighted by Crippen LogP contribution is -2.48. The number of nitrogens with zero attached hydrogens (tertiary/aromatic N) is 1. The molecule has 1 N–H and O–H groups in total. The molecule has 2 fully saturated rings. The summed E-state index contributed by atoms with van der Waals surface area (Å²) in [6, 6.07) is 7.45. The molecule has 2 unspecified atom stereocenters. The van der Waals surface area contributed by atoms with Crippen LogP contribution in [-0.4, -0.2) is 36.0 Å². The van der Waals surface area contributed by atoms with Gasteiger partial charge in [-0.15, -0.1) is 12.4 Å². The van der Waals surface area contributed by atoms with Crippen molar-refractivity contribution < 1.29 is 4.79 Å². The van der Waals surface area contributed by atoms with Crippen LogP contribution in [0.1, 0.15) is 41.6 Å². The van der Waals surface area contributed by atoms with Crippen LogP contribution < -0.4 is 5.32 Å². The molecule has 3 rings (SSSR count). The monoisotopic (exact) mass is 372 g/mol. The van der Waals surface area contributed by atoms with E-state index >= 15 is 0 Å². The molecule has 2 aliphatic heterocycles. The average molecular weight is 374 g/mol. The third kappa shape index (κ3) is 3.43. The molecule has 1 amide bonds. The zero-order chi connectivity index (χ0) is 14.3. The van der Waals surface area contributed by atoms with Crippen LogP contribution in [0.15, 0.2) is 22.7 Å². The molecule has 0 aliphatic carbocycles. The molecule has 2 bridgehead atoms. The Hall–Kier alpha value is -0.580. The molecule has 2 heterocycles. The van der Waals surface area contributed by atoms with Crippen LogP contribution in [0.5, 0.6) is 0 Å². The van der Waals surface area contributed by atoms with Crippen LogP contribution in [0.2, 0.25) is 0 Å². The standard InChI is InChI=1S/C16H21BrN2O.ClH/c1-10-3-4-11(7-15(10)17)16(20)19(2)14-8-12-5-6-13(9-14)18-12;/h3-4,7,12-14,18H,5-6,8-9H2,1-2H3;1H. The fourth-order valence-electron chi connectivity index (χ4n) is 3.44. The Kier molecular flexibility index (Phi) is 5.33. The summed E-state index contributed by atoms with van der Waals surface area (Å²) < 4.78 is 1.00. The van der Waals surface area contributed by atoms with Gasteiger partial charge in [-0.3, -0.25) is 4.79 Å². The maximum absolute atomic E-state index is 12.6. The Morgan fingerprint density at radius 3 is 2.48 bits per heavy atom. The number of amides is 1. The largest absolute Gasteiger partial charge is 0.339 e. The minimum atomic E-state index is 0. The lowest BCUT2D eigenvalue weighted by atomic mass is 9.98. The first-order valence-corrected chi connectivity index (χ1v) is 8.13. The van der Waals surface area contributed by atoms with E-state index in [1.165, 1.54) is 12.8 Å². The van der Waals surface area contributed by atoms with Crippen molar-refractivity contribution in [3.8, 4) is 0 Å². The van der Waals surface area contributed by atoms with Gasteiger partial charge in [0.25, 0.3) is 5.91 Å². The fraction of sp³-hybridized carbons (Fsp3) is 0.562. The highest BCUT2D eigenvalue weighted by atomic mass is 79.9. The molecule has 0 saturated carbocycles. The zero-order valence-electron chi connectivity index (χ0n) is 12.4. The first kappa shape index (κ1) is 16.8. The summed E-state index contributed by atoms with van der Waals surface area (Å²) in [5.74, 6) is 0.136. The van der Waals surface area contributed by atoms with Crippen LogP contribution in [0, 0.1) is 6.92 Å². The summed E-state index contributed by atoms with van der Waals surface area (Å²) in [7, 11) is 1.95. The van der Waals surface area contributed by atoms with Gasteiger partial charge >= 0.3 is 0 Å². The van der Waals surface area contributed by atoms with Gasteiger partial charge in [0.1, 0.15) is 0 Å². The molecule has 1 aromatic carbocycles. The Morgan fingerprint density at radius 1 is 1.29 bits per heavy atom. The summed E-state index contributed by atoms with van der Waals surface area (Å²) >= 11 is 3.51. The first-order valence-electron chi connectivity index (χ1n) is 7.34. The molecule has 3 nitrogen and oxygen atoms in total. The number of rotatable bonds is 2. The van der Waals surface area contributed by atoms with Crippen molar-refractivity contribution >= 4 is 34.2 Å². The van der Waals surface area contributed by atoms with Crippen molar-refractivity contribution in [3.63, 3.8) is 0 Å². The summed E-state index contributed by atoms with van der Waals surface area (Å²) in [4.78, 5) is 14.6. The van der Waals surface area contributed by atoms with Crippen LogP contribution in [0.3, 0.4) is 0 Å². The van der Waals surface area contributed by atoms with Gasteiger partial charge in [0.05, 0.1) is 0 Å². The number of aryl methyl sites for hydroxylation is 1. The molecule has 116 valence electrons. The van der Waals surface area contributed by atoms with E-state index in [4.69, 9.17) is 0 Å². The minimum absolute atomic E-state index is 0. The number of fused-ring (bicyclic) bond motifs is 2. The third-order valence-corrected chi connectivity index (χ3v) is 5.59. The number of carbonyl (C=O) groups is 1. The van der Waals surface area contributed by atoms with E-state index in [9.17, 15) is 4.79 Å². The number of nitrogens with one attached hydrogen (secondary N) is 1. The van der Waals surface area contributed by atoms with Crippen LogP contribution in [-0.2, 0) is 0 Å². The maximum atomic E-state index is 12.6. The number of hydrogen-bond donors (Lipinski definition) is 1. The Balaban J connectivity index is 0.00000161. The lowest BCUT2D eigenvalue weighted by Gasteiger charge is -2.35. The van der Waals surface area contributed by atoms with Crippen molar-refractivity contribution in [2.75, 3.05) is 7.05 Å². The van der Waals surface area contributed by atoms with Crippen molar-refractivity contribution in [3.05, 3.63) is 33.8 Å². The van der Waals surface area contributed by atoms with Gasteiger partial charge in [-0.2, -0.15) is 0 Å². The third-order valence-electron chi connectivity index (χ3n) is 4.74. The van der Waals surface area contributed by atoms with E-state index in [2.05, 4.69) is 21.2 Å². The number of benzene rings is 1. The van der Waals surface area contributed by atoms with Gasteiger partial charge in [-0.05, 0) is 50.3 Å². The molecular weight excluding hydrogens is 352 g/mol. The van der Waals surface area contributed by atoms with Crippen LogP contribution >= 0.6 is 28.3 Å². The van der Waals surface area contributed by atoms with E-state index in [0.717, 1.165) is 28.4 Å². The Morgan fingerprint density at radius 2 is 1.90 bits per heavy atom. The Labute approximate surface area is 141 Å². The smallest absolute Gasteiger partial charge is 0.253 e. The number of hydrogen-bond acceptors (Lipinski definition) is 2. The van der Waals surface area contributed by atoms with Crippen molar-refractivity contribution in [2.24, 2.45) is 0 Å². The van der Waals surface area contributed by atoms with Gasteiger partial charge in [-0.1, -0.05) is 22.0 Å². The van der Waals surface area contributed by atoms with Gasteiger partial charge in [0, 0.05) is 35.2 Å². The number of halogens is 2. The normalized spacial score (nSPS) is 27.1. The fourth-order valence-corrected chi connectivity index (χ4v) is 3.82. The highest BCUT2D eigenvalue weighted by Gasteiger charge is 2.36. The molecule has 2 atom stereocenters. The SMILES string of the molecule is Cc1ccc(C(=O)N(C)C2CC3CCC(C2)N3)cc1Br.Cl. The molecule has 21 heavy (non-hydrogen) atoms. The molecule has 1 aromatic rings. The second-order valence-electron chi connectivity index (χ2n) is 6.14. The zero-order valence-corrected chi connectivity index (χ0v) is 14.8. The lowest BCUT2D eigenvalue weighted by molar-refractivity contribution is 0.0681. The number of piperidine rings is 1. The highest BCUT2D eigenvalue weighted by molar-refractivity contribution is 9.10. The molecule has 0 aromatic heterocycles. The number of carbonyl (C=O) groups excluding carboxylic acids is 1. The van der Waals surface area contributed by atoms with Crippen molar-refractivity contribution in [1.29, 1.82) is 0 Å². The first-order chi connectivity index (χ1) is 9.54. The van der Waals surface area contributed by atoms with E-state index in [-0.39, 0.29) is 18.3 Å².